The first-order valence-corrected chi connectivity index (χ1v) is 10.6. The molecule has 0 atom stereocenters. The van der Waals surface area contributed by atoms with Gasteiger partial charge in [0.1, 0.15) is 0 Å². The number of unbranched alkanes of at least 4 members (excludes halogenated alkanes) is 9. The molecule has 140 valence electrons. The molecule has 0 aromatic heterocycles. The van der Waals surface area contributed by atoms with Crippen molar-refractivity contribution in [3.8, 4) is 0 Å². The number of ether oxygens (including phenoxy) is 1. The summed E-state index contributed by atoms with van der Waals surface area (Å²) in [7, 11) is 0. The molecule has 1 saturated carbocycles. The Balaban J connectivity index is 1.94. The van der Waals surface area contributed by atoms with E-state index in [-0.39, 0.29) is 5.97 Å². The molecule has 24 heavy (non-hydrogen) atoms. The summed E-state index contributed by atoms with van der Waals surface area (Å²) in [5.41, 5.74) is 0.814. The molecule has 0 N–H and O–H groups in total. The van der Waals surface area contributed by atoms with Gasteiger partial charge >= 0.3 is 5.97 Å². The maximum atomic E-state index is 12.0. The first-order chi connectivity index (χ1) is 11.7. The third-order valence-corrected chi connectivity index (χ3v) is 5.19. The van der Waals surface area contributed by atoms with Crippen LogP contribution in [0.15, 0.2) is 11.6 Å². The molecule has 0 aliphatic heterocycles. The number of carbonyl (C=O) groups is 1. The van der Waals surface area contributed by atoms with Crippen molar-refractivity contribution in [3.05, 3.63) is 11.6 Å². The van der Waals surface area contributed by atoms with Gasteiger partial charge < -0.3 is 4.74 Å². The summed E-state index contributed by atoms with van der Waals surface area (Å²) in [6.45, 7) is 4.76. The molecule has 1 rings (SSSR count). The Kier molecular flexibility index (Phi) is 12.9. The standard InChI is InChI=1S/C22H40O2/c1-3-4-5-6-7-8-9-10-11-15-18-24-22(23)20(2)19-21-16-13-12-14-17-21/h19,21H,3-18H2,1-2H3. The molecule has 1 fully saturated rings. The Morgan fingerprint density at radius 3 is 2.00 bits per heavy atom. The number of hydrogen-bond donors (Lipinski definition) is 0. The lowest BCUT2D eigenvalue weighted by Gasteiger charge is -2.18. The average molecular weight is 337 g/mol. The quantitative estimate of drug-likeness (QED) is 0.206. The number of hydrogen-bond acceptors (Lipinski definition) is 2. The zero-order chi connectivity index (χ0) is 17.5. The molecule has 1 aliphatic rings. The fraction of sp³-hybridized carbons (Fsp3) is 0.864. The summed E-state index contributed by atoms with van der Waals surface area (Å²) in [5, 5.41) is 0. The second-order valence-electron chi connectivity index (χ2n) is 7.57. The Morgan fingerprint density at radius 1 is 0.875 bits per heavy atom. The monoisotopic (exact) mass is 336 g/mol. The predicted octanol–water partition coefficient (Wildman–Crippen LogP) is 6.98. The lowest BCUT2D eigenvalue weighted by Crippen LogP contribution is -2.10. The normalized spacial score (nSPS) is 16.3. The minimum atomic E-state index is -0.100. The van der Waals surface area contributed by atoms with Gasteiger partial charge in [-0.1, -0.05) is 90.0 Å². The van der Waals surface area contributed by atoms with Crippen LogP contribution in [0.3, 0.4) is 0 Å². The van der Waals surface area contributed by atoms with Crippen LogP contribution in [0.5, 0.6) is 0 Å². The highest BCUT2D eigenvalue weighted by molar-refractivity contribution is 5.87. The van der Waals surface area contributed by atoms with E-state index < -0.39 is 0 Å². The number of carbonyl (C=O) groups excluding carboxylic acids is 1. The highest BCUT2D eigenvalue weighted by Gasteiger charge is 2.13. The van der Waals surface area contributed by atoms with Crippen molar-refractivity contribution >= 4 is 5.97 Å². The predicted molar refractivity (Wildman–Crippen MR) is 103 cm³/mol. The second kappa shape index (κ2) is 14.5. The van der Waals surface area contributed by atoms with Crippen LogP contribution < -0.4 is 0 Å². The van der Waals surface area contributed by atoms with Gasteiger partial charge in [-0.05, 0) is 32.1 Å². The molecule has 0 saturated heterocycles. The van der Waals surface area contributed by atoms with Crippen molar-refractivity contribution in [3.63, 3.8) is 0 Å². The fourth-order valence-corrected chi connectivity index (χ4v) is 3.59. The van der Waals surface area contributed by atoms with Crippen molar-refractivity contribution in [2.45, 2.75) is 110 Å². The topological polar surface area (TPSA) is 26.3 Å². The van der Waals surface area contributed by atoms with Crippen molar-refractivity contribution in [2.75, 3.05) is 6.61 Å². The summed E-state index contributed by atoms with van der Waals surface area (Å²) in [6.07, 6.45) is 21.7. The molecule has 0 unspecified atom stereocenters. The zero-order valence-electron chi connectivity index (χ0n) is 16.3. The molecule has 0 aromatic carbocycles. The SMILES string of the molecule is CCCCCCCCCCCCOC(=O)C(C)=CC1CCCCC1. The van der Waals surface area contributed by atoms with E-state index in [4.69, 9.17) is 4.74 Å². The van der Waals surface area contributed by atoms with Crippen LogP contribution in [-0.4, -0.2) is 12.6 Å². The molecule has 2 nitrogen and oxygen atoms in total. The Bertz CT molecular complexity index is 340. The van der Waals surface area contributed by atoms with E-state index in [0.29, 0.717) is 12.5 Å². The van der Waals surface area contributed by atoms with Gasteiger partial charge in [-0.25, -0.2) is 4.79 Å². The lowest BCUT2D eigenvalue weighted by atomic mass is 9.88. The van der Waals surface area contributed by atoms with Gasteiger partial charge in [0.2, 0.25) is 0 Å². The maximum absolute atomic E-state index is 12.0. The van der Waals surface area contributed by atoms with Crippen molar-refractivity contribution in [2.24, 2.45) is 5.92 Å². The maximum Gasteiger partial charge on any atom is 0.333 e. The third-order valence-electron chi connectivity index (χ3n) is 5.19. The van der Waals surface area contributed by atoms with Crippen molar-refractivity contribution < 1.29 is 9.53 Å². The summed E-state index contributed by atoms with van der Waals surface area (Å²) in [6, 6.07) is 0. The molecule has 0 amide bonds. The third kappa shape index (κ3) is 10.9. The summed E-state index contributed by atoms with van der Waals surface area (Å²) in [5.74, 6) is 0.500. The molecule has 2 heteroatoms. The van der Waals surface area contributed by atoms with Gasteiger partial charge in [-0.15, -0.1) is 0 Å². The largest absolute Gasteiger partial charge is 0.462 e. The van der Waals surface area contributed by atoms with Crippen molar-refractivity contribution in [1.82, 2.24) is 0 Å². The van der Waals surface area contributed by atoms with E-state index in [1.165, 1.54) is 89.9 Å². The van der Waals surface area contributed by atoms with Crippen LogP contribution in [-0.2, 0) is 9.53 Å². The molecule has 0 heterocycles. The first-order valence-electron chi connectivity index (χ1n) is 10.6. The second-order valence-corrected chi connectivity index (χ2v) is 7.57. The van der Waals surface area contributed by atoms with E-state index in [2.05, 4.69) is 13.0 Å². The number of allylic oxidation sites excluding steroid dienone is 1. The van der Waals surface area contributed by atoms with Crippen LogP contribution in [0.2, 0.25) is 0 Å². The smallest absolute Gasteiger partial charge is 0.333 e. The van der Waals surface area contributed by atoms with Gasteiger partial charge in [0.15, 0.2) is 0 Å². The van der Waals surface area contributed by atoms with Crippen LogP contribution in [0.25, 0.3) is 0 Å². The van der Waals surface area contributed by atoms with Gasteiger partial charge in [-0.3, -0.25) is 0 Å². The van der Waals surface area contributed by atoms with E-state index in [1.54, 1.807) is 0 Å². The molecular weight excluding hydrogens is 296 g/mol. The molecule has 0 aromatic rings. The van der Waals surface area contributed by atoms with Crippen LogP contribution in [0.4, 0.5) is 0 Å². The van der Waals surface area contributed by atoms with Crippen LogP contribution >= 0.6 is 0 Å². The van der Waals surface area contributed by atoms with E-state index in [9.17, 15) is 4.79 Å². The van der Waals surface area contributed by atoms with E-state index in [0.717, 1.165) is 12.0 Å². The van der Waals surface area contributed by atoms with Crippen LogP contribution in [0, 0.1) is 5.92 Å². The molecule has 0 bridgehead atoms. The highest BCUT2D eigenvalue weighted by atomic mass is 16.5. The number of rotatable bonds is 13. The number of esters is 1. The zero-order valence-corrected chi connectivity index (χ0v) is 16.3. The van der Waals surface area contributed by atoms with Gasteiger partial charge in [0.25, 0.3) is 0 Å². The lowest BCUT2D eigenvalue weighted by molar-refractivity contribution is -0.139. The Morgan fingerprint density at radius 2 is 1.42 bits per heavy atom. The van der Waals surface area contributed by atoms with Gasteiger partial charge in [0, 0.05) is 5.57 Å². The highest BCUT2D eigenvalue weighted by Crippen LogP contribution is 2.25. The molecule has 1 aliphatic carbocycles. The van der Waals surface area contributed by atoms with Gasteiger partial charge in [-0.2, -0.15) is 0 Å². The molecular formula is C22H40O2. The summed E-state index contributed by atoms with van der Waals surface area (Å²) in [4.78, 5) is 12.0. The van der Waals surface area contributed by atoms with Crippen molar-refractivity contribution in [1.29, 1.82) is 0 Å². The molecule has 0 radical (unpaired) electrons. The van der Waals surface area contributed by atoms with E-state index in [1.807, 2.05) is 6.92 Å². The van der Waals surface area contributed by atoms with Crippen LogP contribution in [0.1, 0.15) is 110 Å². The minimum absolute atomic E-state index is 0.100. The Hall–Kier alpha value is -0.790. The fourth-order valence-electron chi connectivity index (χ4n) is 3.59. The van der Waals surface area contributed by atoms with Gasteiger partial charge in [0.05, 0.1) is 6.61 Å². The molecule has 0 spiro atoms. The van der Waals surface area contributed by atoms with E-state index >= 15 is 0 Å². The summed E-state index contributed by atoms with van der Waals surface area (Å²) >= 11 is 0. The average Bonchev–Trinajstić information content (AvgIpc) is 2.60. The Labute approximate surface area is 150 Å². The summed E-state index contributed by atoms with van der Waals surface area (Å²) < 4.78 is 5.41. The minimum Gasteiger partial charge on any atom is -0.462 e. The first kappa shape index (κ1) is 21.3.